The molecule has 0 saturated heterocycles. The molecule has 2 N–H and O–H groups in total. The van der Waals surface area contributed by atoms with Gasteiger partial charge >= 0.3 is 0 Å². The lowest BCUT2D eigenvalue weighted by Crippen LogP contribution is -2.40. The molecule has 1 saturated carbocycles. The van der Waals surface area contributed by atoms with Gasteiger partial charge in [-0.05, 0) is 43.7 Å². The normalized spacial score (nSPS) is 29.0. The standard InChI is InChI=1S/C12H18ClN3O/c1-9-4-6-12(17,7-5-9)8-14-11-3-2-10(13)15-16-11/h2-3,9,17H,4-8H2,1H3,(H,14,16). The Kier molecular flexibility index (Phi) is 3.84. The van der Waals surface area contributed by atoms with Gasteiger partial charge < -0.3 is 10.4 Å². The number of aliphatic hydroxyl groups is 1. The molecule has 0 amide bonds. The van der Waals surface area contributed by atoms with Crippen molar-refractivity contribution in [1.29, 1.82) is 0 Å². The minimum absolute atomic E-state index is 0.376. The van der Waals surface area contributed by atoms with Crippen molar-refractivity contribution in [3.63, 3.8) is 0 Å². The highest BCUT2D eigenvalue weighted by molar-refractivity contribution is 6.29. The zero-order chi connectivity index (χ0) is 12.3. The molecule has 1 aliphatic carbocycles. The van der Waals surface area contributed by atoms with Crippen LogP contribution in [0.5, 0.6) is 0 Å². The first-order valence-electron chi connectivity index (χ1n) is 6.03. The summed E-state index contributed by atoms with van der Waals surface area (Å²) in [5, 5.41) is 21.5. The van der Waals surface area contributed by atoms with Crippen LogP contribution in [-0.2, 0) is 0 Å². The van der Waals surface area contributed by atoms with E-state index in [1.54, 1.807) is 12.1 Å². The van der Waals surface area contributed by atoms with Gasteiger partial charge in [-0.15, -0.1) is 10.2 Å². The fourth-order valence-electron chi connectivity index (χ4n) is 2.14. The number of nitrogens with one attached hydrogen (secondary N) is 1. The van der Waals surface area contributed by atoms with E-state index in [1.165, 1.54) is 0 Å². The largest absolute Gasteiger partial charge is 0.388 e. The van der Waals surface area contributed by atoms with Gasteiger partial charge in [0.15, 0.2) is 5.15 Å². The first kappa shape index (κ1) is 12.6. The Labute approximate surface area is 106 Å². The lowest BCUT2D eigenvalue weighted by molar-refractivity contribution is 0.00493. The smallest absolute Gasteiger partial charge is 0.151 e. The van der Waals surface area contributed by atoms with Crippen LogP contribution in [-0.4, -0.2) is 27.4 Å². The number of aromatic nitrogens is 2. The van der Waals surface area contributed by atoms with Gasteiger partial charge in [-0.3, -0.25) is 0 Å². The van der Waals surface area contributed by atoms with Crippen LogP contribution in [0.25, 0.3) is 0 Å². The Morgan fingerprint density at radius 1 is 1.41 bits per heavy atom. The Morgan fingerprint density at radius 2 is 2.12 bits per heavy atom. The third kappa shape index (κ3) is 3.54. The monoisotopic (exact) mass is 255 g/mol. The highest BCUT2D eigenvalue weighted by atomic mass is 35.5. The molecule has 0 spiro atoms. The number of nitrogens with zero attached hydrogens (tertiary/aromatic N) is 2. The Morgan fingerprint density at radius 3 is 2.71 bits per heavy atom. The van der Waals surface area contributed by atoms with Gasteiger partial charge in [0.2, 0.25) is 0 Å². The van der Waals surface area contributed by atoms with Crippen molar-refractivity contribution in [3.8, 4) is 0 Å². The van der Waals surface area contributed by atoms with E-state index in [1.807, 2.05) is 0 Å². The zero-order valence-electron chi connectivity index (χ0n) is 9.99. The molecule has 1 aromatic heterocycles. The van der Waals surface area contributed by atoms with E-state index in [0.29, 0.717) is 17.5 Å². The van der Waals surface area contributed by atoms with Gasteiger partial charge in [0.05, 0.1) is 5.60 Å². The molecule has 1 aliphatic rings. The molecule has 0 bridgehead atoms. The van der Waals surface area contributed by atoms with Crippen LogP contribution >= 0.6 is 11.6 Å². The number of hydrogen-bond donors (Lipinski definition) is 2. The second-order valence-corrected chi connectivity index (χ2v) is 5.39. The van der Waals surface area contributed by atoms with E-state index in [2.05, 4.69) is 22.4 Å². The van der Waals surface area contributed by atoms with Crippen LogP contribution in [0.15, 0.2) is 12.1 Å². The minimum atomic E-state index is -0.603. The van der Waals surface area contributed by atoms with Crippen molar-refractivity contribution in [2.45, 2.75) is 38.2 Å². The fourth-order valence-corrected chi connectivity index (χ4v) is 2.24. The summed E-state index contributed by atoms with van der Waals surface area (Å²) in [5.74, 6) is 1.38. The number of halogens is 1. The summed E-state index contributed by atoms with van der Waals surface area (Å²) in [6, 6.07) is 3.45. The van der Waals surface area contributed by atoms with Gasteiger partial charge in [0, 0.05) is 6.54 Å². The quantitative estimate of drug-likeness (QED) is 0.871. The highest BCUT2D eigenvalue weighted by Crippen LogP contribution is 2.31. The minimum Gasteiger partial charge on any atom is -0.388 e. The van der Waals surface area contributed by atoms with E-state index in [-0.39, 0.29) is 0 Å². The summed E-state index contributed by atoms with van der Waals surface area (Å²) in [4.78, 5) is 0. The average Bonchev–Trinajstić information content (AvgIpc) is 2.33. The molecular weight excluding hydrogens is 238 g/mol. The van der Waals surface area contributed by atoms with E-state index >= 15 is 0 Å². The van der Waals surface area contributed by atoms with Crippen molar-refractivity contribution in [2.24, 2.45) is 5.92 Å². The SMILES string of the molecule is CC1CCC(O)(CNc2ccc(Cl)nn2)CC1. The zero-order valence-corrected chi connectivity index (χ0v) is 10.7. The molecule has 1 fully saturated rings. The van der Waals surface area contributed by atoms with Crippen LogP contribution in [0.1, 0.15) is 32.6 Å². The molecule has 0 atom stereocenters. The highest BCUT2D eigenvalue weighted by Gasteiger charge is 2.31. The van der Waals surface area contributed by atoms with Crippen LogP contribution < -0.4 is 5.32 Å². The van der Waals surface area contributed by atoms with Crippen molar-refractivity contribution in [2.75, 3.05) is 11.9 Å². The number of rotatable bonds is 3. The van der Waals surface area contributed by atoms with Crippen LogP contribution in [0.2, 0.25) is 5.15 Å². The first-order chi connectivity index (χ1) is 8.07. The topological polar surface area (TPSA) is 58.0 Å². The second kappa shape index (κ2) is 5.19. The first-order valence-corrected chi connectivity index (χ1v) is 6.41. The summed E-state index contributed by atoms with van der Waals surface area (Å²) >= 11 is 5.65. The molecule has 0 aliphatic heterocycles. The molecular formula is C12H18ClN3O. The molecule has 0 radical (unpaired) electrons. The molecule has 94 valence electrons. The fraction of sp³-hybridized carbons (Fsp3) is 0.667. The third-order valence-electron chi connectivity index (χ3n) is 3.44. The summed E-state index contributed by atoms with van der Waals surface area (Å²) in [7, 11) is 0. The number of anilines is 1. The molecule has 17 heavy (non-hydrogen) atoms. The molecule has 0 aromatic carbocycles. The summed E-state index contributed by atoms with van der Waals surface area (Å²) in [6.07, 6.45) is 3.87. The maximum Gasteiger partial charge on any atom is 0.151 e. The van der Waals surface area contributed by atoms with E-state index in [4.69, 9.17) is 11.6 Å². The van der Waals surface area contributed by atoms with Crippen molar-refractivity contribution >= 4 is 17.4 Å². The van der Waals surface area contributed by atoms with Crippen LogP contribution in [0.3, 0.4) is 0 Å². The van der Waals surface area contributed by atoms with Gasteiger partial charge in [-0.1, -0.05) is 18.5 Å². The van der Waals surface area contributed by atoms with Gasteiger partial charge in [-0.2, -0.15) is 0 Å². The van der Waals surface area contributed by atoms with Gasteiger partial charge in [0.1, 0.15) is 5.82 Å². The maximum absolute atomic E-state index is 10.4. The predicted molar refractivity (Wildman–Crippen MR) is 68.1 cm³/mol. The van der Waals surface area contributed by atoms with Crippen molar-refractivity contribution in [3.05, 3.63) is 17.3 Å². The van der Waals surface area contributed by atoms with Crippen molar-refractivity contribution < 1.29 is 5.11 Å². The molecule has 1 aromatic rings. The third-order valence-corrected chi connectivity index (χ3v) is 3.64. The lowest BCUT2D eigenvalue weighted by atomic mass is 9.79. The summed E-state index contributed by atoms with van der Waals surface area (Å²) < 4.78 is 0. The van der Waals surface area contributed by atoms with Crippen LogP contribution in [0, 0.1) is 5.92 Å². The van der Waals surface area contributed by atoms with Crippen molar-refractivity contribution in [1.82, 2.24) is 10.2 Å². The molecule has 5 heteroatoms. The van der Waals surface area contributed by atoms with Crippen LogP contribution in [0.4, 0.5) is 5.82 Å². The predicted octanol–water partition coefficient (Wildman–Crippen LogP) is 2.48. The Balaban J connectivity index is 1.87. The maximum atomic E-state index is 10.4. The molecule has 2 rings (SSSR count). The lowest BCUT2D eigenvalue weighted by Gasteiger charge is -2.35. The molecule has 4 nitrogen and oxygen atoms in total. The number of hydrogen-bond acceptors (Lipinski definition) is 4. The van der Waals surface area contributed by atoms with E-state index in [9.17, 15) is 5.11 Å². The van der Waals surface area contributed by atoms with Gasteiger partial charge in [0.25, 0.3) is 0 Å². The summed E-state index contributed by atoms with van der Waals surface area (Å²) in [5.41, 5.74) is -0.603. The second-order valence-electron chi connectivity index (χ2n) is 5.00. The molecule has 1 heterocycles. The molecule has 0 unspecified atom stereocenters. The average molecular weight is 256 g/mol. The van der Waals surface area contributed by atoms with E-state index in [0.717, 1.165) is 31.6 Å². The van der Waals surface area contributed by atoms with Gasteiger partial charge in [-0.25, -0.2) is 0 Å². The van der Waals surface area contributed by atoms with E-state index < -0.39 is 5.60 Å². The Hall–Kier alpha value is -0.870. The summed E-state index contributed by atoms with van der Waals surface area (Å²) in [6.45, 7) is 2.76. The Bertz CT molecular complexity index is 361.